The zero-order valence-corrected chi connectivity index (χ0v) is 10.4. The highest BCUT2D eigenvalue weighted by Crippen LogP contribution is 2.74. The molecule has 2 N–H and O–H groups in total. The van der Waals surface area contributed by atoms with Gasteiger partial charge in [-0.2, -0.15) is 0 Å². The van der Waals surface area contributed by atoms with E-state index >= 15 is 0 Å². The molecule has 0 aromatic rings. The number of rotatable bonds is 4. The molecule has 1 aliphatic rings. The molecule has 82 valence electrons. The number of allylic oxidation sites excluding steroid dienone is 2. The molecule has 0 saturated heterocycles. The van der Waals surface area contributed by atoms with Crippen LogP contribution in [0.1, 0.15) is 53.9 Å². The summed E-state index contributed by atoms with van der Waals surface area (Å²) in [6.45, 7) is 11.3. The highest BCUT2D eigenvalue weighted by Gasteiger charge is 2.68. The van der Waals surface area contributed by atoms with E-state index in [1.807, 2.05) is 6.92 Å². The van der Waals surface area contributed by atoms with Crippen molar-refractivity contribution < 1.29 is 0 Å². The molecule has 0 aromatic carbocycles. The highest BCUT2D eigenvalue weighted by atomic mass is 14.7. The van der Waals surface area contributed by atoms with Crippen LogP contribution in [0.3, 0.4) is 0 Å². The van der Waals surface area contributed by atoms with E-state index in [1.165, 1.54) is 19.3 Å². The summed E-state index contributed by atoms with van der Waals surface area (Å²) in [5, 5.41) is 0. The van der Waals surface area contributed by atoms with Gasteiger partial charge in [0, 0.05) is 5.70 Å². The number of nitrogens with two attached hydrogens (primary N) is 1. The second-order valence-electron chi connectivity index (χ2n) is 5.00. The fourth-order valence-electron chi connectivity index (χ4n) is 3.94. The summed E-state index contributed by atoms with van der Waals surface area (Å²) in [6, 6.07) is 0. The lowest BCUT2D eigenvalue weighted by molar-refractivity contribution is 0.372. The molecular formula is C13H25N. The molecule has 1 saturated carbocycles. The van der Waals surface area contributed by atoms with Gasteiger partial charge in [0.25, 0.3) is 0 Å². The van der Waals surface area contributed by atoms with Crippen molar-refractivity contribution >= 4 is 0 Å². The van der Waals surface area contributed by atoms with E-state index in [1.54, 1.807) is 0 Å². The zero-order valence-electron chi connectivity index (χ0n) is 10.4. The lowest BCUT2D eigenvalue weighted by Gasteiger charge is -2.16. The average molecular weight is 195 g/mol. The van der Waals surface area contributed by atoms with Crippen LogP contribution in [0.5, 0.6) is 0 Å². The predicted molar refractivity (Wildman–Crippen MR) is 62.8 cm³/mol. The normalized spacial score (nSPS) is 35.8. The predicted octanol–water partition coefficient (Wildman–Crippen LogP) is 3.70. The SMILES string of the molecule is CCC1C(CC)(CC)[C@@]1(C)/C=C(\C)N. The second-order valence-corrected chi connectivity index (χ2v) is 5.00. The third-order valence-corrected chi connectivity index (χ3v) is 4.58. The Kier molecular flexibility index (Phi) is 2.99. The molecule has 2 atom stereocenters. The van der Waals surface area contributed by atoms with Crippen molar-refractivity contribution in [1.29, 1.82) is 0 Å². The van der Waals surface area contributed by atoms with Gasteiger partial charge in [0.2, 0.25) is 0 Å². The Morgan fingerprint density at radius 3 is 2.00 bits per heavy atom. The van der Waals surface area contributed by atoms with Gasteiger partial charge >= 0.3 is 0 Å². The zero-order chi connectivity index (χ0) is 11.0. The average Bonchev–Trinajstić information content (AvgIpc) is 2.62. The third kappa shape index (κ3) is 1.29. The van der Waals surface area contributed by atoms with Crippen LogP contribution in [0.2, 0.25) is 0 Å². The first kappa shape index (κ1) is 11.6. The van der Waals surface area contributed by atoms with Crippen molar-refractivity contribution in [1.82, 2.24) is 0 Å². The van der Waals surface area contributed by atoms with E-state index in [4.69, 9.17) is 5.73 Å². The Balaban J connectivity index is 2.96. The summed E-state index contributed by atoms with van der Waals surface area (Å²) in [4.78, 5) is 0. The minimum atomic E-state index is 0.365. The topological polar surface area (TPSA) is 26.0 Å². The van der Waals surface area contributed by atoms with Gasteiger partial charge in [0.1, 0.15) is 0 Å². The molecular weight excluding hydrogens is 170 g/mol. The van der Waals surface area contributed by atoms with Crippen LogP contribution in [-0.4, -0.2) is 0 Å². The fourth-order valence-corrected chi connectivity index (χ4v) is 3.94. The van der Waals surface area contributed by atoms with Gasteiger partial charge in [-0.1, -0.05) is 40.2 Å². The van der Waals surface area contributed by atoms with Crippen molar-refractivity contribution in [3.05, 3.63) is 11.8 Å². The lowest BCUT2D eigenvalue weighted by atomic mass is 9.88. The second kappa shape index (κ2) is 3.60. The summed E-state index contributed by atoms with van der Waals surface area (Å²) in [6.07, 6.45) is 6.14. The Hall–Kier alpha value is -0.460. The monoisotopic (exact) mass is 195 g/mol. The van der Waals surface area contributed by atoms with Crippen molar-refractivity contribution in [3.63, 3.8) is 0 Å². The number of hydrogen-bond acceptors (Lipinski definition) is 1. The molecule has 1 nitrogen and oxygen atoms in total. The van der Waals surface area contributed by atoms with Crippen LogP contribution in [0, 0.1) is 16.7 Å². The Bertz CT molecular complexity index is 234. The number of hydrogen-bond donors (Lipinski definition) is 1. The van der Waals surface area contributed by atoms with Crippen molar-refractivity contribution in [2.75, 3.05) is 0 Å². The van der Waals surface area contributed by atoms with Crippen LogP contribution in [0.25, 0.3) is 0 Å². The molecule has 0 heterocycles. The lowest BCUT2D eigenvalue weighted by Crippen LogP contribution is -2.09. The first-order valence-corrected chi connectivity index (χ1v) is 5.93. The minimum Gasteiger partial charge on any atom is -0.403 e. The summed E-state index contributed by atoms with van der Waals surface area (Å²) >= 11 is 0. The Morgan fingerprint density at radius 2 is 1.79 bits per heavy atom. The van der Waals surface area contributed by atoms with Gasteiger partial charge in [0.15, 0.2) is 0 Å². The maximum atomic E-state index is 5.83. The maximum absolute atomic E-state index is 5.83. The maximum Gasteiger partial charge on any atom is 0.00142 e. The first-order valence-electron chi connectivity index (χ1n) is 5.93. The van der Waals surface area contributed by atoms with Crippen LogP contribution >= 0.6 is 0 Å². The van der Waals surface area contributed by atoms with Crippen LogP contribution in [0.4, 0.5) is 0 Å². The minimum absolute atomic E-state index is 0.365. The van der Waals surface area contributed by atoms with Crippen LogP contribution in [0.15, 0.2) is 11.8 Å². The molecule has 1 unspecified atom stereocenters. The summed E-state index contributed by atoms with van der Waals surface area (Å²) in [5.41, 5.74) is 7.70. The molecule has 1 fully saturated rings. The van der Waals surface area contributed by atoms with Gasteiger partial charge < -0.3 is 5.73 Å². The molecule has 0 aromatic heterocycles. The van der Waals surface area contributed by atoms with E-state index in [9.17, 15) is 0 Å². The molecule has 0 radical (unpaired) electrons. The largest absolute Gasteiger partial charge is 0.403 e. The van der Waals surface area contributed by atoms with Gasteiger partial charge in [0.05, 0.1) is 0 Å². The molecule has 0 bridgehead atoms. The van der Waals surface area contributed by atoms with Gasteiger partial charge in [-0.25, -0.2) is 0 Å². The van der Waals surface area contributed by atoms with Crippen LogP contribution in [-0.2, 0) is 0 Å². The molecule has 0 amide bonds. The summed E-state index contributed by atoms with van der Waals surface area (Å²) in [5.74, 6) is 0.837. The Morgan fingerprint density at radius 1 is 1.29 bits per heavy atom. The van der Waals surface area contributed by atoms with Gasteiger partial charge in [-0.05, 0) is 36.5 Å². The quantitative estimate of drug-likeness (QED) is 0.727. The van der Waals surface area contributed by atoms with Crippen LogP contribution < -0.4 is 5.73 Å². The smallest absolute Gasteiger partial charge is 0.00142 e. The summed E-state index contributed by atoms with van der Waals surface area (Å²) in [7, 11) is 0. The molecule has 1 heteroatoms. The molecule has 14 heavy (non-hydrogen) atoms. The van der Waals surface area contributed by atoms with Crippen molar-refractivity contribution in [3.8, 4) is 0 Å². The van der Waals surface area contributed by atoms with E-state index < -0.39 is 0 Å². The molecule has 1 rings (SSSR count). The molecule has 0 aliphatic heterocycles. The van der Waals surface area contributed by atoms with E-state index in [0.717, 1.165) is 11.6 Å². The van der Waals surface area contributed by atoms with Gasteiger partial charge in [-0.15, -0.1) is 0 Å². The first-order chi connectivity index (χ1) is 6.48. The fraction of sp³-hybridized carbons (Fsp3) is 0.846. The van der Waals surface area contributed by atoms with Crippen molar-refractivity contribution in [2.45, 2.75) is 53.9 Å². The Labute approximate surface area is 88.8 Å². The van der Waals surface area contributed by atoms with E-state index in [2.05, 4.69) is 33.8 Å². The van der Waals surface area contributed by atoms with Crippen molar-refractivity contribution in [2.24, 2.45) is 22.5 Å². The van der Waals surface area contributed by atoms with E-state index in [0.29, 0.717) is 10.8 Å². The third-order valence-electron chi connectivity index (χ3n) is 4.58. The van der Waals surface area contributed by atoms with Gasteiger partial charge in [-0.3, -0.25) is 0 Å². The standard InChI is InChI=1S/C13H25N/c1-6-11-12(5,9-10(4)14)13(11,7-2)8-3/h9,11H,6-8,14H2,1-5H3/b10-9+/t11?,12-/m0/s1. The summed E-state index contributed by atoms with van der Waals surface area (Å²) < 4.78 is 0. The van der Waals surface area contributed by atoms with E-state index in [-0.39, 0.29) is 0 Å². The molecule has 0 spiro atoms. The molecule has 1 aliphatic carbocycles. The highest BCUT2D eigenvalue weighted by molar-refractivity contribution is 5.27.